The summed E-state index contributed by atoms with van der Waals surface area (Å²) < 4.78 is 10.9. The second-order valence-electron chi connectivity index (χ2n) is 5.86. The van der Waals surface area contributed by atoms with E-state index in [1.807, 2.05) is 19.1 Å². The van der Waals surface area contributed by atoms with Crippen LogP contribution in [0.15, 0.2) is 24.3 Å². The summed E-state index contributed by atoms with van der Waals surface area (Å²) in [7, 11) is 0. The highest BCUT2D eigenvalue weighted by atomic mass is 16.5. The van der Waals surface area contributed by atoms with Crippen LogP contribution in [0.25, 0.3) is 0 Å². The fourth-order valence-corrected chi connectivity index (χ4v) is 1.69. The number of nitrogens with one attached hydrogen (secondary N) is 1. The standard InChI is InChI=1S/C16H27NO2/c1-5-18-9-10-19-15-8-6-7-14(11-15)12-17-13-16(2,3)4/h6-8,11,17H,5,9-10,12-13H2,1-4H3. The molecule has 1 rings (SSSR count). The van der Waals surface area contributed by atoms with Gasteiger partial charge in [-0.15, -0.1) is 0 Å². The smallest absolute Gasteiger partial charge is 0.119 e. The zero-order valence-corrected chi connectivity index (χ0v) is 12.7. The molecule has 0 unspecified atom stereocenters. The van der Waals surface area contributed by atoms with E-state index in [0.717, 1.165) is 25.4 Å². The first-order chi connectivity index (χ1) is 9.01. The average molecular weight is 265 g/mol. The third-order valence-corrected chi connectivity index (χ3v) is 2.58. The second-order valence-corrected chi connectivity index (χ2v) is 5.86. The summed E-state index contributed by atoms with van der Waals surface area (Å²) in [4.78, 5) is 0. The Hall–Kier alpha value is -1.06. The maximum Gasteiger partial charge on any atom is 0.119 e. The Morgan fingerprint density at radius 3 is 2.63 bits per heavy atom. The zero-order chi connectivity index (χ0) is 14.1. The molecule has 0 aliphatic heterocycles. The van der Waals surface area contributed by atoms with Gasteiger partial charge >= 0.3 is 0 Å². The van der Waals surface area contributed by atoms with Crippen molar-refractivity contribution in [3.8, 4) is 5.75 Å². The summed E-state index contributed by atoms with van der Waals surface area (Å²) in [6.07, 6.45) is 0. The van der Waals surface area contributed by atoms with Crippen LogP contribution in [-0.4, -0.2) is 26.4 Å². The summed E-state index contributed by atoms with van der Waals surface area (Å²) in [5.74, 6) is 0.912. The van der Waals surface area contributed by atoms with Crippen molar-refractivity contribution in [2.45, 2.75) is 34.2 Å². The van der Waals surface area contributed by atoms with Gasteiger partial charge in [0.05, 0.1) is 6.61 Å². The molecule has 0 aliphatic rings. The van der Waals surface area contributed by atoms with E-state index in [4.69, 9.17) is 9.47 Å². The largest absolute Gasteiger partial charge is 0.491 e. The van der Waals surface area contributed by atoms with Crippen LogP contribution >= 0.6 is 0 Å². The maximum atomic E-state index is 5.64. The Bertz CT molecular complexity index is 358. The van der Waals surface area contributed by atoms with Gasteiger partial charge in [-0.05, 0) is 30.0 Å². The quantitative estimate of drug-likeness (QED) is 0.732. The van der Waals surface area contributed by atoms with Crippen LogP contribution in [0.1, 0.15) is 33.3 Å². The van der Waals surface area contributed by atoms with Crippen LogP contribution < -0.4 is 10.1 Å². The minimum atomic E-state index is 0.311. The Morgan fingerprint density at radius 1 is 1.16 bits per heavy atom. The van der Waals surface area contributed by atoms with E-state index in [1.54, 1.807) is 0 Å². The Kier molecular flexibility index (Phi) is 6.89. The molecule has 1 aromatic rings. The van der Waals surface area contributed by atoms with Crippen molar-refractivity contribution >= 4 is 0 Å². The predicted molar refractivity (Wildman–Crippen MR) is 79.6 cm³/mol. The summed E-state index contributed by atoms with van der Waals surface area (Å²) >= 11 is 0. The van der Waals surface area contributed by atoms with Gasteiger partial charge in [-0.3, -0.25) is 0 Å². The topological polar surface area (TPSA) is 30.5 Å². The minimum Gasteiger partial charge on any atom is -0.491 e. The number of benzene rings is 1. The first kappa shape index (κ1) is 16.0. The lowest BCUT2D eigenvalue weighted by atomic mass is 9.97. The van der Waals surface area contributed by atoms with Gasteiger partial charge in [-0.2, -0.15) is 0 Å². The predicted octanol–water partition coefficient (Wildman–Crippen LogP) is 3.24. The van der Waals surface area contributed by atoms with Crippen molar-refractivity contribution in [1.29, 1.82) is 0 Å². The molecule has 3 heteroatoms. The molecule has 0 aliphatic carbocycles. The van der Waals surface area contributed by atoms with E-state index in [9.17, 15) is 0 Å². The molecule has 108 valence electrons. The van der Waals surface area contributed by atoms with E-state index < -0.39 is 0 Å². The van der Waals surface area contributed by atoms with Gasteiger partial charge in [0.25, 0.3) is 0 Å². The molecule has 0 atom stereocenters. The van der Waals surface area contributed by atoms with Gasteiger partial charge in [0.15, 0.2) is 0 Å². The highest BCUT2D eigenvalue weighted by Gasteiger charge is 2.08. The fourth-order valence-electron chi connectivity index (χ4n) is 1.69. The van der Waals surface area contributed by atoms with Crippen molar-refractivity contribution in [1.82, 2.24) is 5.32 Å². The molecule has 0 heterocycles. The SMILES string of the molecule is CCOCCOc1cccc(CNCC(C)(C)C)c1. The van der Waals surface area contributed by atoms with E-state index >= 15 is 0 Å². The van der Waals surface area contributed by atoms with Crippen molar-refractivity contribution in [2.75, 3.05) is 26.4 Å². The lowest BCUT2D eigenvalue weighted by Gasteiger charge is -2.18. The number of ether oxygens (including phenoxy) is 2. The molecular weight excluding hydrogens is 238 g/mol. The van der Waals surface area contributed by atoms with Gasteiger partial charge in [-0.1, -0.05) is 32.9 Å². The summed E-state index contributed by atoms with van der Waals surface area (Å²) in [5.41, 5.74) is 1.56. The third-order valence-electron chi connectivity index (χ3n) is 2.58. The minimum absolute atomic E-state index is 0.311. The van der Waals surface area contributed by atoms with E-state index in [-0.39, 0.29) is 0 Å². The molecule has 0 amide bonds. The number of hydrogen-bond donors (Lipinski definition) is 1. The molecule has 0 bridgehead atoms. The number of rotatable bonds is 8. The van der Waals surface area contributed by atoms with Crippen LogP contribution in [0.4, 0.5) is 0 Å². The number of hydrogen-bond acceptors (Lipinski definition) is 3. The lowest BCUT2D eigenvalue weighted by molar-refractivity contribution is 0.110. The summed E-state index contributed by atoms with van der Waals surface area (Å²) in [6.45, 7) is 12.5. The maximum absolute atomic E-state index is 5.64. The second kappa shape index (κ2) is 8.18. The lowest BCUT2D eigenvalue weighted by Crippen LogP contribution is -2.26. The highest BCUT2D eigenvalue weighted by Crippen LogP contribution is 2.14. The molecule has 0 saturated heterocycles. The summed E-state index contributed by atoms with van der Waals surface area (Å²) in [6, 6.07) is 8.22. The summed E-state index contributed by atoms with van der Waals surface area (Å²) in [5, 5.41) is 3.46. The van der Waals surface area contributed by atoms with Crippen molar-refractivity contribution in [3.63, 3.8) is 0 Å². The van der Waals surface area contributed by atoms with Gasteiger partial charge in [0, 0.05) is 19.7 Å². The molecule has 3 nitrogen and oxygen atoms in total. The monoisotopic (exact) mass is 265 g/mol. The molecule has 0 aromatic heterocycles. The Morgan fingerprint density at radius 2 is 1.95 bits per heavy atom. The van der Waals surface area contributed by atoms with Crippen LogP contribution in [-0.2, 0) is 11.3 Å². The molecule has 0 radical (unpaired) electrons. The van der Waals surface area contributed by atoms with Crippen molar-refractivity contribution in [2.24, 2.45) is 5.41 Å². The van der Waals surface area contributed by atoms with Crippen molar-refractivity contribution < 1.29 is 9.47 Å². The third kappa shape index (κ3) is 7.85. The van der Waals surface area contributed by atoms with E-state index in [1.165, 1.54) is 5.56 Å². The first-order valence-corrected chi connectivity index (χ1v) is 7.01. The van der Waals surface area contributed by atoms with Gasteiger partial charge < -0.3 is 14.8 Å². The fraction of sp³-hybridized carbons (Fsp3) is 0.625. The Balaban J connectivity index is 2.35. The Labute approximate surface area is 117 Å². The molecule has 0 spiro atoms. The van der Waals surface area contributed by atoms with Crippen LogP contribution in [0.2, 0.25) is 0 Å². The van der Waals surface area contributed by atoms with Gasteiger partial charge in [0.2, 0.25) is 0 Å². The van der Waals surface area contributed by atoms with Crippen LogP contribution in [0, 0.1) is 5.41 Å². The van der Waals surface area contributed by atoms with E-state index in [0.29, 0.717) is 18.6 Å². The van der Waals surface area contributed by atoms with Gasteiger partial charge in [-0.25, -0.2) is 0 Å². The molecule has 1 N–H and O–H groups in total. The van der Waals surface area contributed by atoms with E-state index in [2.05, 4.69) is 38.2 Å². The normalized spacial score (nSPS) is 11.6. The van der Waals surface area contributed by atoms with Crippen LogP contribution in [0.5, 0.6) is 5.75 Å². The average Bonchev–Trinajstić information content (AvgIpc) is 2.34. The molecule has 0 fully saturated rings. The molecular formula is C16H27NO2. The van der Waals surface area contributed by atoms with Crippen molar-refractivity contribution in [3.05, 3.63) is 29.8 Å². The highest BCUT2D eigenvalue weighted by molar-refractivity contribution is 5.28. The molecule has 0 saturated carbocycles. The zero-order valence-electron chi connectivity index (χ0n) is 12.7. The molecule has 19 heavy (non-hydrogen) atoms. The van der Waals surface area contributed by atoms with Gasteiger partial charge in [0.1, 0.15) is 12.4 Å². The van der Waals surface area contributed by atoms with Crippen LogP contribution in [0.3, 0.4) is 0 Å². The molecule has 1 aromatic carbocycles. The first-order valence-electron chi connectivity index (χ1n) is 7.01.